The van der Waals surface area contributed by atoms with Crippen molar-refractivity contribution in [2.75, 3.05) is 26.3 Å². The molecule has 3 aromatic rings. The Hall–Kier alpha value is -5.02. The summed E-state index contributed by atoms with van der Waals surface area (Å²) in [7, 11) is 0. The van der Waals surface area contributed by atoms with Crippen LogP contribution in [0.25, 0.3) is 20.9 Å². The number of nitrogens with zero attached hydrogens (tertiary/aromatic N) is 8. The number of benzene rings is 3. The fourth-order valence-electron chi connectivity index (χ4n) is 5.75. The summed E-state index contributed by atoms with van der Waals surface area (Å²) in [6.07, 6.45) is 2.61. The standard InChI is InChI=1S/C32H34N8O4/c33-38-35-22-25-10-3-2-9-24(25)21-32(31(42)40-17-6-1-7-18-40)29(27-11-4-5-12-28(27)37-39-34)44-30(36-32)23-13-15-26(16-14-23)43-20-8-19-41/h2-5,9-16,29,41H,1,6-8,17-22H2/t29-,32-/m1/s1. The van der Waals surface area contributed by atoms with Crippen LogP contribution >= 0.6 is 0 Å². The second-order valence-corrected chi connectivity index (χ2v) is 10.7. The molecule has 2 aliphatic rings. The zero-order chi connectivity index (χ0) is 30.8. The molecule has 1 N–H and O–H groups in total. The molecule has 0 radical (unpaired) electrons. The molecule has 1 fully saturated rings. The van der Waals surface area contributed by atoms with E-state index < -0.39 is 11.6 Å². The number of azide groups is 2. The lowest BCUT2D eigenvalue weighted by Crippen LogP contribution is -2.53. The molecule has 2 heterocycles. The number of piperidine rings is 1. The van der Waals surface area contributed by atoms with Crippen LogP contribution in [0.4, 0.5) is 5.69 Å². The SMILES string of the molecule is [N-]=[N+]=NCc1ccccc1C[C@@]1(C(=O)N2CCCCC2)N=C(c2ccc(OCCCO)cc2)O[C@@H]1c1ccccc1N=[N+]=[N-]. The maximum Gasteiger partial charge on any atom is 0.255 e. The van der Waals surface area contributed by atoms with Crippen molar-refractivity contribution in [2.45, 2.75) is 50.3 Å². The number of carbonyl (C=O) groups excluding carboxylic acids is 1. The fourth-order valence-corrected chi connectivity index (χ4v) is 5.75. The highest BCUT2D eigenvalue weighted by molar-refractivity contribution is 6.01. The van der Waals surface area contributed by atoms with Crippen molar-refractivity contribution in [3.8, 4) is 5.75 Å². The molecule has 0 saturated carbocycles. The van der Waals surface area contributed by atoms with E-state index in [2.05, 4.69) is 20.1 Å². The third-order valence-corrected chi connectivity index (χ3v) is 7.90. The van der Waals surface area contributed by atoms with Crippen LogP contribution in [0.15, 0.2) is 88.0 Å². The molecule has 2 aliphatic heterocycles. The molecule has 44 heavy (non-hydrogen) atoms. The highest BCUT2D eigenvalue weighted by Crippen LogP contribution is 2.46. The minimum Gasteiger partial charge on any atom is -0.494 e. The first-order valence-electron chi connectivity index (χ1n) is 14.7. The van der Waals surface area contributed by atoms with E-state index in [0.29, 0.717) is 48.7 Å². The van der Waals surface area contributed by atoms with Gasteiger partial charge < -0.3 is 19.5 Å². The molecule has 0 unspecified atom stereocenters. The van der Waals surface area contributed by atoms with Crippen molar-refractivity contribution >= 4 is 17.5 Å². The van der Waals surface area contributed by atoms with Gasteiger partial charge in [-0.3, -0.25) is 4.79 Å². The average Bonchev–Trinajstić information content (AvgIpc) is 3.45. The molecule has 0 aromatic heterocycles. The average molecular weight is 595 g/mol. The monoisotopic (exact) mass is 594 g/mol. The van der Waals surface area contributed by atoms with E-state index in [1.165, 1.54) is 0 Å². The van der Waals surface area contributed by atoms with Crippen LogP contribution in [0.3, 0.4) is 0 Å². The number of amides is 1. The molecule has 3 aromatic carbocycles. The van der Waals surface area contributed by atoms with Gasteiger partial charge in [-0.25, -0.2) is 4.99 Å². The smallest absolute Gasteiger partial charge is 0.255 e. The third kappa shape index (κ3) is 6.63. The van der Waals surface area contributed by atoms with Gasteiger partial charge in [-0.2, -0.15) is 0 Å². The molecule has 0 aliphatic carbocycles. The van der Waals surface area contributed by atoms with Crippen molar-refractivity contribution < 1.29 is 19.4 Å². The number of carbonyl (C=O) groups is 1. The van der Waals surface area contributed by atoms with Crippen LogP contribution in [0.5, 0.6) is 5.75 Å². The molecule has 226 valence electrons. The van der Waals surface area contributed by atoms with Gasteiger partial charge in [0.05, 0.1) is 13.2 Å². The second-order valence-electron chi connectivity index (χ2n) is 10.7. The summed E-state index contributed by atoms with van der Waals surface area (Å²) >= 11 is 0. The van der Waals surface area contributed by atoms with Crippen LogP contribution in [0, 0.1) is 0 Å². The van der Waals surface area contributed by atoms with E-state index >= 15 is 0 Å². The Morgan fingerprint density at radius 1 is 1.00 bits per heavy atom. The van der Waals surface area contributed by atoms with Crippen molar-refractivity contribution in [1.82, 2.24) is 4.90 Å². The van der Waals surface area contributed by atoms with Gasteiger partial charge in [0.2, 0.25) is 5.90 Å². The fraction of sp³-hybridized carbons (Fsp3) is 0.375. The number of hydrogen-bond donors (Lipinski definition) is 1. The highest BCUT2D eigenvalue weighted by Gasteiger charge is 2.55. The van der Waals surface area contributed by atoms with Gasteiger partial charge in [-0.15, -0.1) is 0 Å². The minimum atomic E-state index is -1.45. The molecule has 12 heteroatoms. The van der Waals surface area contributed by atoms with Gasteiger partial charge in [0.15, 0.2) is 11.6 Å². The van der Waals surface area contributed by atoms with Gasteiger partial charge in [0, 0.05) is 59.2 Å². The maximum absolute atomic E-state index is 14.8. The quantitative estimate of drug-likeness (QED) is 0.106. The maximum atomic E-state index is 14.8. The van der Waals surface area contributed by atoms with Gasteiger partial charge in [0.1, 0.15) is 5.75 Å². The number of likely N-dealkylation sites (tertiary alicyclic amines) is 1. The second kappa shape index (κ2) is 14.4. The molecule has 12 nitrogen and oxygen atoms in total. The van der Waals surface area contributed by atoms with E-state index in [9.17, 15) is 10.3 Å². The van der Waals surface area contributed by atoms with Crippen LogP contribution < -0.4 is 4.74 Å². The van der Waals surface area contributed by atoms with Crippen molar-refractivity contribution in [3.63, 3.8) is 0 Å². The Balaban J connectivity index is 1.66. The van der Waals surface area contributed by atoms with Crippen molar-refractivity contribution in [2.24, 2.45) is 15.2 Å². The number of aliphatic imine (C=N–C) groups is 1. The largest absolute Gasteiger partial charge is 0.494 e. The Morgan fingerprint density at radius 3 is 2.45 bits per heavy atom. The molecule has 5 rings (SSSR count). The number of ether oxygens (including phenoxy) is 2. The summed E-state index contributed by atoms with van der Waals surface area (Å²) in [4.78, 5) is 27.8. The number of aliphatic hydroxyl groups is 1. The molecular formula is C32H34N8O4. The first-order chi connectivity index (χ1) is 21.6. The Bertz CT molecular complexity index is 1590. The number of hydrogen-bond acceptors (Lipinski definition) is 7. The van der Waals surface area contributed by atoms with Crippen molar-refractivity contribution in [3.05, 3.63) is 116 Å². The topological polar surface area (TPSA) is 169 Å². The lowest BCUT2D eigenvalue weighted by Gasteiger charge is -2.37. The first kappa shape index (κ1) is 30.4. The molecule has 1 amide bonds. The lowest BCUT2D eigenvalue weighted by molar-refractivity contribution is -0.140. The summed E-state index contributed by atoms with van der Waals surface area (Å²) < 4.78 is 12.3. The zero-order valence-corrected chi connectivity index (χ0v) is 24.3. The summed E-state index contributed by atoms with van der Waals surface area (Å²) in [6, 6.07) is 21.8. The zero-order valence-electron chi connectivity index (χ0n) is 24.3. The summed E-state index contributed by atoms with van der Waals surface area (Å²) in [5.74, 6) is 0.745. The van der Waals surface area contributed by atoms with Crippen molar-refractivity contribution in [1.29, 1.82) is 0 Å². The Labute approximate surface area is 255 Å². The van der Waals surface area contributed by atoms with Crippen LogP contribution in [0.2, 0.25) is 0 Å². The summed E-state index contributed by atoms with van der Waals surface area (Å²) in [5, 5.41) is 16.8. The van der Waals surface area contributed by atoms with E-state index in [1.54, 1.807) is 30.3 Å². The Morgan fingerprint density at radius 2 is 1.73 bits per heavy atom. The van der Waals surface area contributed by atoms with Crippen LogP contribution in [0.1, 0.15) is 54.0 Å². The van der Waals surface area contributed by atoms with E-state index in [4.69, 9.17) is 25.1 Å². The normalized spacial score (nSPS) is 19.2. The van der Waals surface area contributed by atoms with E-state index in [-0.39, 0.29) is 31.4 Å². The highest BCUT2D eigenvalue weighted by atomic mass is 16.5. The number of rotatable bonds is 12. The van der Waals surface area contributed by atoms with Gasteiger partial charge in [-0.1, -0.05) is 58.8 Å². The van der Waals surface area contributed by atoms with Gasteiger partial charge in [-0.05, 0) is 65.7 Å². The van der Waals surface area contributed by atoms with E-state index in [0.717, 1.165) is 30.4 Å². The van der Waals surface area contributed by atoms with E-state index in [1.807, 2.05) is 47.4 Å². The molecule has 1 saturated heterocycles. The van der Waals surface area contributed by atoms with Crippen LogP contribution in [-0.4, -0.2) is 53.7 Å². The minimum absolute atomic E-state index is 0.0422. The molecule has 2 atom stereocenters. The third-order valence-electron chi connectivity index (χ3n) is 7.90. The number of aliphatic hydroxyl groups excluding tert-OH is 1. The van der Waals surface area contributed by atoms with Gasteiger partial charge in [0.25, 0.3) is 5.91 Å². The van der Waals surface area contributed by atoms with Gasteiger partial charge >= 0.3 is 0 Å². The summed E-state index contributed by atoms with van der Waals surface area (Å²) in [6.45, 7) is 1.76. The lowest BCUT2D eigenvalue weighted by atomic mass is 9.79. The molecular weight excluding hydrogens is 560 g/mol. The molecule has 0 spiro atoms. The van der Waals surface area contributed by atoms with Crippen LogP contribution in [-0.2, 0) is 22.5 Å². The first-order valence-corrected chi connectivity index (χ1v) is 14.7. The predicted molar refractivity (Wildman–Crippen MR) is 165 cm³/mol. The molecule has 0 bridgehead atoms. The Kier molecular flexibility index (Phi) is 9.99. The predicted octanol–water partition coefficient (Wildman–Crippen LogP) is 6.71. The summed E-state index contributed by atoms with van der Waals surface area (Å²) in [5.41, 5.74) is 20.1.